The summed E-state index contributed by atoms with van der Waals surface area (Å²) in [6.45, 7) is 5.90. The number of nitrogens with one attached hydrogen (secondary N) is 2. The normalized spacial score (nSPS) is 10.9. The first-order valence-corrected chi connectivity index (χ1v) is 7.45. The van der Waals surface area contributed by atoms with E-state index in [1.165, 1.54) is 6.20 Å². The lowest BCUT2D eigenvalue weighted by Crippen LogP contribution is -2.29. The number of anilines is 1. The lowest BCUT2D eigenvalue weighted by Gasteiger charge is -2.19. The van der Waals surface area contributed by atoms with Gasteiger partial charge in [0.25, 0.3) is 5.91 Å². The van der Waals surface area contributed by atoms with Crippen LogP contribution in [0.25, 0.3) is 0 Å². The van der Waals surface area contributed by atoms with Gasteiger partial charge in [0, 0.05) is 30.0 Å². The lowest BCUT2D eigenvalue weighted by atomic mass is 9.95. The molecule has 0 atom stereocenters. The third-order valence-corrected chi connectivity index (χ3v) is 3.31. The molecule has 0 fully saturated rings. The Balaban J connectivity index is 2.06. The molecule has 0 aliphatic carbocycles. The number of amides is 2. The molecule has 5 heteroatoms. The van der Waals surface area contributed by atoms with Crippen LogP contribution in [0.4, 0.5) is 5.69 Å². The summed E-state index contributed by atoms with van der Waals surface area (Å²) in [5.41, 5.74) is 1.58. The van der Waals surface area contributed by atoms with Crippen molar-refractivity contribution in [1.29, 1.82) is 0 Å². The van der Waals surface area contributed by atoms with Crippen molar-refractivity contribution in [3.05, 3.63) is 59.9 Å². The van der Waals surface area contributed by atoms with Gasteiger partial charge in [-0.15, -0.1) is 0 Å². The third-order valence-electron chi connectivity index (χ3n) is 3.31. The first-order valence-electron chi connectivity index (χ1n) is 7.45. The Morgan fingerprint density at radius 2 is 1.83 bits per heavy atom. The Morgan fingerprint density at radius 3 is 2.48 bits per heavy atom. The maximum atomic E-state index is 12.1. The van der Waals surface area contributed by atoms with Gasteiger partial charge in [0.05, 0.1) is 5.56 Å². The summed E-state index contributed by atoms with van der Waals surface area (Å²) in [4.78, 5) is 28.1. The van der Waals surface area contributed by atoms with Gasteiger partial charge in [-0.1, -0.05) is 39.0 Å². The van der Waals surface area contributed by atoms with Crippen molar-refractivity contribution in [3.8, 4) is 0 Å². The molecule has 0 aliphatic heterocycles. The van der Waals surface area contributed by atoms with Crippen LogP contribution in [0.3, 0.4) is 0 Å². The predicted octanol–water partition coefficient (Wildman–Crippen LogP) is 3.00. The summed E-state index contributed by atoms with van der Waals surface area (Å²) in [7, 11) is 0. The van der Waals surface area contributed by atoms with E-state index in [1.54, 1.807) is 18.3 Å². The van der Waals surface area contributed by atoms with Crippen LogP contribution >= 0.6 is 0 Å². The number of para-hydroxylation sites is 1. The van der Waals surface area contributed by atoms with Crippen LogP contribution in [0.15, 0.2) is 48.8 Å². The zero-order valence-electron chi connectivity index (χ0n) is 13.6. The van der Waals surface area contributed by atoms with Crippen molar-refractivity contribution in [2.45, 2.75) is 27.3 Å². The monoisotopic (exact) mass is 311 g/mol. The SMILES string of the molecule is CC(C)(C)C(=O)Nc1ccccc1CNC(=O)c1cccnc1. The fraction of sp³-hybridized carbons (Fsp3) is 0.278. The highest BCUT2D eigenvalue weighted by Gasteiger charge is 2.21. The molecule has 0 saturated carbocycles. The second kappa shape index (κ2) is 7.05. The van der Waals surface area contributed by atoms with Crippen LogP contribution in [0, 0.1) is 5.41 Å². The molecule has 5 nitrogen and oxygen atoms in total. The molecule has 0 saturated heterocycles. The van der Waals surface area contributed by atoms with E-state index < -0.39 is 5.41 Å². The van der Waals surface area contributed by atoms with Gasteiger partial charge in [-0.2, -0.15) is 0 Å². The summed E-state index contributed by atoms with van der Waals surface area (Å²) < 4.78 is 0. The molecule has 1 aromatic carbocycles. The molecule has 0 aliphatic rings. The van der Waals surface area contributed by atoms with E-state index in [4.69, 9.17) is 0 Å². The van der Waals surface area contributed by atoms with Crippen LogP contribution < -0.4 is 10.6 Å². The van der Waals surface area contributed by atoms with Crippen LogP contribution in [0.2, 0.25) is 0 Å². The zero-order valence-corrected chi connectivity index (χ0v) is 13.6. The van der Waals surface area contributed by atoms with Crippen LogP contribution in [-0.2, 0) is 11.3 Å². The maximum Gasteiger partial charge on any atom is 0.253 e. The van der Waals surface area contributed by atoms with Gasteiger partial charge < -0.3 is 10.6 Å². The second-order valence-electron chi connectivity index (χ2n) is 6.29. The summed E-state index contributed by atoms with van der Waals surface area (Å²) in [5, 5.41) is 5.75. The predicted molar refractivity (Wildman–Crippen MR) is 89.9 cm³/mol. The largest absolute Gasteiger partial charge is 0.348 e. The number of nitrogens with zero attached hydrogens (tertiary/aromatic N) is 1. The number of aromatic nitrogens is 1. The lowest BCUT2D eigenvalue weighted by molar-refractivity contribution is -0.123. The smallest absolute Gasteiger partial charge is 0.253 e. The minimum Gasteiger partial charge on any atom is -0.348 e. The number of benzene rings is 1. The molecule has 2 rings (SSSR count). The highest BCUT2D eigenvalue weighted by molar-refractivity contribution is 5.96. The number of hydrogen-bond donors (Lipinski definition) is 2. The number of rotatable bonds is 4. The molecular formula is C18H21N3O2. The number of pyridine rings is 1. The first-order chi connectivity index (χ1) is 10.9. The maximum absolute atomic E-state index is 12.1. The Morgan fingerprint density at radius 1 is 1.09 bits per heavy atom. The number of carbonyl (C=O) groups is 2. The van der Waals surface area contributed by atoms with Gasteiger partial charge in [0.1, 0.15) is 0 Å². The number of carbonyl (C=O) groups excluding carboxylic acids is 2. The molecule has 0 unspecified atom stereocenters. The van der Waals surface area contributed by atoms with Crippen molar-refractivity contribution < 1.29 is 9.59 Å². The summed E-state index contributed by atoms with van der Waals surface area (Å²) in [5.74, 6) is -0.265. The first kappa shape index (κ1) is 16.7. The minimum atomic E-state index is -0.480. The summed E-state index contributed by atoms with van der Waals surface area (Å²) in [6, 6.07) is 10.8. The van der Waals surface area contributed by atoms with E-state index >= 15 is 0 Å². The van der Waals surface area contributed by atoms with E-state index in [0.717, 1.165) is 5.56 Å². The second-order valence-corrected chi connectivity index (χ2v) is 6.29. The third kappa shape index (κ3) is 4.64. The molecule has 1 heterocycles. The van der Waals surface area contributed by atoms with E-state index in [-0.39, 0.29) is 11.8 Å². The fourth-order valence-electron chi connectivity index (χ4n) is 1.88. The van der Waals surface area contributed by atoms with Crippen LogP contribution in [-0.4, -0.2) is 16.8 Å². The van der Waals surface area contributed by atoms with E-state index in [9.17, 15) is 9.59 Å². The minimum absolute atomic E-state index is 0.0662. The van der Waals surface area contributed by atoms with Gasteiger partial charge in [0.2, 0.25) is 5.91 Å². The van der Waals surface area contributed by atoms with E-state index in [0.29, 0.717) is 17.8 Å². The van der Waals surface area contributed by atoms with Crippen molar-refractivity contribution in [1.82, 2.24) is 10.3 Å². The molecule has 0 radical (unpaired) electrons. The zero-order chi connectivity index (χ0) is 16.9. The van der Waals surface area contributed by atoms with Gasteiger partial charge in [0.15, 0.2) is 0 Å². The van der Waals surface area contributed by atoms with Crippen LogP contribution in [0.1, 0.15) is 36.7 Å². The summed E-state index contributed by atoms with van der Waals surface area (Å²) >= 11 is 0. The van der Waals surface area contributed by atoms with Crippen molar-refractivity contribution in [2.75, 3.05) is 5.32 Å². The molecule has 2 N–H and O–H groups in total. The Hall–Kier alpha value is -2.69. The highest BCUT2D eigenvalue weighted by atomic mass is 16.2. The highest BCUT2D eigenvalue weighted by Crippen LogP contribution is 2.20. The van der Waals surface area contributed by atoms with Gasteiger partial charge in [-0.25, -0.2) is 0 Å². The summed E-state index contributed by atoms with van der Waals surface area (Å²) in [6.07, 6.45) is 3.14. The molecule has 120 valence electrons. The van der Waals surface area contributed by atoms with Crippen molar-refractivity contribution in [3.63, 3.8) is 0 Å². The average Bonchev–Trinajstić information content (AvgIpc) is 2.53. The molecule has 2 aromatic rings. The Kier molecular flexibility index (Phi) is 5.11. The Labute approximate surface area is 136 Å². The van der Waals surface area contributed by atoms with E-state index in [1.807, 2.05) is 45.0 Å². The fourth-order valence-corrected chi connectivity index (χ4v) is 1.88. The molecule has 0 bridgehead atoms. The van der Waals surface area contributed by atoms with Crippen LogP contribution in [0.5, 0.6) is 0 Å². The van der Waals surface area contributed by atoms with Gasteiger partial charge in [-0.3, -0.25) is 14.6 Å². The number of hydrogen-bond acceptors (Lipinski definition) is 3. The quantitative estimate of drug-likeness (QED) is 0.912. The van der Waals surface area contributed by atoms with Crippen molar-refractivity contribution >= 4 is 17.5 Å². The molecule has 23 heavy (non-hydrogen) atoms. The van der Waals surface area contributed by atoms with Gasteiger partial charge >= 0.3 is 0 Å². The molecular weight excluding hydrogens is 290 g/mol. The van der Waals surface area contributed by atoms with Crippen molar-refractivity contribution in [2.24, 2.45) is 5.41 Å². The van der Waals surface area contributed by atoms with E-state index in [2.05, 4.69) is 15.6 Å². The molecule has 1 aromatic heterocycles. The topological polar surface area (TPSA) is 71.1 Å². The van der Waals surface area contributed by atoms with Gasteiger partial charge in [-0.05, 0) is 23.8 Å². The average molecular weight is 311 g/mol. The molecule has 2 amide bonds. The Bertz CT molecular complexity index is 691. The molecule has 0 spiro atoms. The standard InChI is InChI=1S/C18H21N3O2/c1-18(2,3)17(23)21-15-9-5-4-7-13(15)12-20-16(22)14-8-6-10-19-11-14/h4-11H,12H2,1-3H3,(H,20,22)(H,21,23).